The summed E-state index contributed by atoms with van der Waals surface area (Å²) < 4.78 is 6.03. The van der Waals surface area contributed by atoms with Crippen LogP contribution in [0.3, 0.4) is 0 Å². The zero-order valence-corrected chi connectivity index (χ0v) is 15.2. The highest BCUT2D eigenvalue weighted by atomic mass is 16.5. The Morgan fingerprint density at radius 2 is 1.30 bits per heavy atom. The second-order valence-corrected chi connectivity index (χ2v) is 7.14. The maximum atomic E-state index is 11.7. The summed E-state index contributed by atoms with van der Waals surface area (Å²) in [6.07, 6.45) is 1.28. The minimum absolute atomic E-state index is 0.0608. The summed E-state index contributed by atoms with van der Waals surface area (Å²) in [6, 6.07) is 0. The van der Waals surface area contributed by atoms with Crippen LogP contribution < -0.4 is 0 Å². The van der Waals surface area contributed by atoms with Gasteiger partial charge in [-0.25, -0.2) is 9.59 Å². The molecule has 0 spiro atoms. The van der Waals surface area contributed by atoms with Crippen LogP contribution in [0.4, 0.5) is 0 Å². The van der Waals surface area contributed by atoms with Crippen LogP contribution in [-0.4, -0.2) is 34.4 Å². The van der Waals surface area contributed by atoms with Gasteiger partial charge in [-0.05, 0) is 23.7 Å². The second kappa shape index (κ2) is 7.30. The molecular weight excluding hydrogens is 296 g/mol. The van der Waals surface area contributed by atoms with Crippen molar-refractivity contribution in [3.8, 4) is 0 Å². The lowest BCUT2D eigenvalue weighted by Crippen LogP contribution is -2.59. The third kappa shape index (κ3) is 3.83. The first-order chi connectivity index (χ1) is 10.3. The molecular formula is C18H30O5. The molecule has 0 atom stereocenters. The van der Waals surface area contributed by atoms with Crippen molar-refractivity contribution in [2.24, 2.45) is 10.8 Å². The number of rotatable bonds is 10. The zero-order valence-electron chi connectivity index (χ0n) is 15.2. The number of carbonyl (C=O) groups is 2. The fourth-order valence-corrected chi connectivity index (χ4v) is 3.12. The lowest BCUT2D eigenvalue weighted by molar-refractivity contribution is -0.174. The zero-order chi connectivity index (χ0) is 18.6. The number of carboxylic acid groups (broad SMARTS) is 2. The van der Waals surface area contributed by atoms with E-state index in [1.54, 1.807) is 0 Å². The second-order valence-electron chi connectivity index (χ2n) is 7.14. The smallest absolute Gasteiger partial charge is 0.333 e. The Hall–Kier alpha value is -1.62. The first-order valence-electron chi connectivity index (χ1n) is 7.78. The van der Waals surface area contributed by atoms with Crippen LogP contribution in [0.1, 0.15) is 54.4 Å². The standard InChI is InChI=1S/C18H30O5/c1-9-16(5,6)18(13(4)15(21)22,17(7,8)10-2)23-11-12(3)14(19)20/h3-4,9-11H2,1-2,5-8H3,(H,19,20)(H,21,22). The van der Waals surface area contributed by atoms with Crippen LogP contribution in [-0.2, 0) is 14.3 Å². The Kier molecular flexibility index (Phi) is 6.79. The van der Waals surface area contributed by atoms with Gasteiger partial charge in [0.15, 0.2) is 0 Å². The third-order valence-electron chi connectivity index (χ3n) is 5.12. The summed E-state index contributed by atoms with van der Waals surface area (Å²) >= 11 is 0. The number of hydrogen-bond acceptors (Lipinski definition) is 3. The van der Waals surface area contributed by atoms with E-state index in [-0.39, 0.29) is 17.8 Å². The molecule has 0 aliphatic heterocycles. The lowest BCUT2D eigenvalue weighted by atomic mass is 9.56. The molecule has 0 saturated heterocycles. The largest absolute Gasteiger partial charge is 0.478 e. The topological polar surface area (TPSA) is 83.8 Å². The minimum atomic E-state index is -1.23. The molecule has 0 radical (unpaired) electrons. The minimum Gasteiger partial charge on any atom is -0.478 e. The van der Waals surface area contributed by atoms with Gasteiger partial charge in [-0.2, -0.15) is 0 Å². The Morgan fingerprint density at radius 1 is 0.913 bits per heavy atom. The van der Waals surface area contributed by atoms with Gasteiger partial charge in [0.05, 0.1) is 17.8 Å². The quantitative estimate of drug-likeness (QED) is 0.595. The molecule has 2 N–H and O–H groups in total. The molecule has 0 bridgehead atoms. The highest BCUT2D eigenvalue weighted by Crippen LogP contribution is 2.54. The molecule has 5 heteroatoms. The van der Waals surface area contributed by atoms with Crippen LogP contribution in [0.25, 0.3) is 0 Å². The molecule has 0 aromatic carbocycles. The van der Waals surface area contributed by atoms with E-state index in [4.69, 9.17) is 9.84 Å². The molecule has 23 heavy (non-hydrogen) atoms. The van der Waals surface area contributed by atoms with Crippen molar-refractivity contribution < 1.29 is 24.5 Å². The Balaban J connectivity index is 6.28. The van der Waals surface area contributed by atoms with E-state index in [2.05, 4.69) is 13.2 Å². The van der Waals surface area contributed by atoms with Crippen molar-refractivity contribution in [2.75, 3.05) is 6.61 Å². The summed E-state index contributed by atoms with van der Waals surface area (Å²) in [5.74, 6) is -2.31. The molecule has 0 aliphatic carbocycles. The SMILES string of the molecule is C=C(COC(C(=C)C(=O)O)(C(C)(C)CC)C(C)(C)CC)C(=O)O. The monoisotopic (exact) mass is 326 g/mol. The van der Waals surface area contributed by atoms with E-state index in [0.717, 1.165) is 0 Å². The van der Waals surface area contributed by atoms with Crippen LogP contribution in [0, 0.1) is 10.8 Å². The molecule has 0 unspecified atom stereocenters. The van der Waals surface area contributed by atoms with Crippen molar-refractivity contribution in [2.45, 2.75) is 60.0 Å². The predicted octanol–water partition coefficient (Wildman–Crippen LogP) is 3.90. The summed E-state index contributed by atoms with van der Waals surface area (Å²) in [4.78, 5) is 22.8. The highest BCUT2D eigenvalue weighted by molar-refractivity contribution is 5.89. The van der Waals surface area contributed by atoms with Gasteiger partial charge < -0.3 is 14.9 Å². The molecule has 5 nitrogen and oxygen atoms in total. The van der Waals surface area contributed by atoms with E-state index in [9.17, 15) is 14.7 Å². The van der Waals surface area contributed by atoms with E-state index in [1.807, 2.05) is 41.5 Å². The molecule has 0 fully saturated rings. The van der Waals surface area contributed by atoms with Crippen molar-refractivity contribution in [3.63, 3.8) is 0 Å². The molecule has 0 aromatic rings. The first kappa shape index (κ1) is 21.4. The summed E-state index contributed by atoms with van der Waals surface area (Å²) in [5.41, 5.74) is -2.55. The van der Waals surface area contributed by atoms with Gasteiger partial charge in [-0.3, -0.25) is 0 Å². The maximum Gasteiger partial charge on any atom is 0.333 e. The summed E-state index contributed by atoms with van der Waals surface area (Å²) in [5, 5.41) is 18.6. The van der Waals surface area contributed by atoms with E-state index < -0.39 is 28.4 Å². The summed E-state index contributed by atoms with van der Waals surface area (Å²) in [7, 11) is 0. The van der Waals surface area contributed by atoms with Crippen molar-refractivity contribution in [1.29, 1.82) is 0 Å². The van der Waals surface area contributed by atoms with Gasteiger partial charge in [-0.15, -0.1) is 0 Å². The van der Waals surface area contributed by atoms with Crippen LogP contribution >= 0.6 is 0 Å². The number of hydrogen-bond donors (Lipinski definition) is 2. The lowest BCUT2D eigenvalue weighted by Gasteiger charge is -2.55. The van der Waals surface area contributed by atoms with Crippen molar-refractivity contribution >= 4 is 11.9 Å². The fraction of sp³-hybridized carbons (Fsp3) is 0.667. The van der Waals surface area contributed by atoms with Gasteiger partial charge in [0.1, 0.15) is 5.60 Å². The van der Waals surface area contributed by atoms with E-state index >= 15 is 0 Å². The molecule has 0 heterocycles. The van der Waals surface area contributed by atoms with Gasteiger partial charge in [0.25, 0.3) is 0 Å². The third-order valence-corrected chi connectivity index (χ3v) is 5.12. The Labute approximate surface area is 139 Å². The summed E-state index contributed by atoms with van der Waals surface area (Å²) in [6.45, 7) is 18.6. The molecule has 0 amide bonds. The Bertz CT molecular complexity index is 484. The van der Waals surface area contributed by atoms with E-state index in [1.165, 1.54) is 0 Å². The van der Waals surface area contributed by atoms with Gasteiger partial charge in [0, 0.05) is 0 Å². The van der Waals surface area contributed by atoms with E-state index in [0.29, 0.717) is 12.8 Å². The molecule has 0 rings (SSSR count). The van der Waals surface area contributed by atoms with Crippen molar-refractivity contribution in [3.05, 3.63) is 24.3 Å². The molecule has 0 aromatic heterocycles. The number of ether oxygens (including phenoxy) is 1. The fourth-order valence-electron chi connectivity index (χ4n) is 3.12. The van der Waals surface area contributed by atoms with Gasteiger partial charge in [-0.1, -0.05) is 54.7 Å². The molecule has 132 valence electrons. The van der Waals surface area contributed by atoms with Crippen LogP contribution in [0.5, 0.6) is 0 Å². The Morgan fingerprint density at radius 3 is 1.57 bits per heavy atom. The van der Waals surface area contributed by atoms with Crippen molar-refractivity contribution in [1.82, 2.24) is 0 Å². The molecule has 0 saturated carbocycles. The van der Waals surface area contributed by atoms with Gasteiger partial charge in [0.2, 0.25) is 0 Å². The first-order valence-corrected chi connectivity index (χ1v) is 7.78. The highest BCUT2D eigenvalue weighted by Gasteiger charge is 2.58. The molecule has 0 aliphatic rings. The average Bonchev–Trinajstić information content (AvgIpc) is 2.46. The maximum absolute atomic E-state index is 11.7. The average molecular weight is 326 g/mol. The normalized spacial score (nSPS) is 12.8. The number of carboxylic acids is 2. The van der Waals surface area contributed by atoms with Crippen LogP contribution in [0.15, 0.2) is 24.3 Å². The van der Waals surface area contributed by atoms with Crippen LogP contribution in [0.2, 0.25) is 0 Å². The van der Waals surface area contributed by atoms with Gasteiger partial charge >= 0.3 is 11.9 Å². The number of aliphatic carboxylic acids is 2. The predicted molar refractivity (Wildman–Crippen MR) is 90.4 cm³/mol.